The molecular weight excluding hydrogens is 518 g/mol. The molecule has 1 unspecified atom stereocenters. The summed E-state index contributed by atoms with van der Waals surface area (Å²) in [7, 11) is -0.691. The van der Waals surface area contributed by atoms with E-state index < -0.39 is 10.2 Å². The lowest BCUT2D eigenvalue weighted by molar-refractivity contribution is -0.00932. The Kier molecular flexibility index (Phi) is 8.56. The normalized spacial score (nSPS) is 20.3. The molecule has 0 aromatic heterocycles. The number of hydrogen-bond acceptors (Lipinski definition) is 8. The number of ether oxygens (including phenoxy) is 2. The molecule has 0 N–H and O–H groups in total. The predicted octanol–water partition coefficient (Wildman–Crippen LogP) is 3.82. The topological polar surface area (TPSA) is 96.3 Å². The molecule has 1 atom stereocenters. The average molecular weight is 556 g/mol. The largest absolute Gasteiger partial charge is 0.497 e. The van der Waals surface area contributed by atoms with Crippen molar-refractivity contribution in [1.29, 1.82) is 0 Å². The number of methoxy groups -OCH3 is 1. The smallest absolute Gasteiger partial charge is 0.367 e. The Labute approximate surface area is 231 Å². The number of rotatable bonds is 9. The van der Waals surface area contributed by atoms with Crippen molar-refractivity contribution in [2.75, 3.05) is 45.3 Å². The number of nitrogens with zero attached hydrogens (tertiary/aromatic N) is 5. The van der Waals surface area contributed by atoms with Gasteiger partial charge in [-0.05, 0) is 80.0 Å². The van der Waals surface area contributed by atoms with Crippen LogP contribution in [0.4, 0.5) is 5.69 Å². The number of fused-ring (bicyclic) bond motifs is 1. The van der Waals surface area contributed by atoms with Crippen LogP contribution < -0.4 is 14.5 Å². The molecule has 0 radical (unpaired) electrons. The maximum absolute atomic E-state index is 12.1. The minimum Gasteiger partial charge on any atom is -0.497 e. The molecule has 1 aliphatic carbocycles. The van der Waals surface area contributed by atoms with E-state index in [4.69, 9.17) is 14.3 Å². The minimum atomic E-state index is -3.96. The highest BCUT2D eigenvalue weighted by molar-refractivity contribution is 7.89. The van der Waals surface area contributed by atoms with Crippen LogP contribution in [0.1, 0.15) is 43.2 Å². The fourth-order valence-electron chi connectivity index (χ4n) is 5.31. The first kappa shape index (κ1) is 27.3. The van der Waals surface area contributed by atoms with Gasteiger partial charge in [-0.1, -0.05) is 12.1 Å². The maximum Gasteiger partial charge on any atom is 0.367 e. The van der Waals surface area contributed by atoms with Crippen LogP contribution in [0.5, 0.6) is 11.5 Å². The summed E-state index contributed by atoms with van der Waals surface area (Å²) in [6.07, 6.45) is 8.75. The fourth-order valence-corrected chi connectivity index (χ4v) is 6.05. The zero-order chi connectivity index (χ0) is 27.2. The highest BCUT2D eigenvalue weighted by Gasteiger charge is 2.26. The summed E-state index contributed by atoms with van der Waals surface area (Å²) in [5.41, 5.74) is 4.25. The first-order chi connectivity index (χ1) is 18.9. The number of anilines is 1. The van der Waals surface area contributed by atoms with Crippen molar-refractivity contribution in [3.05, 3.63) is 53.6 Å². The molecule has 3 aliphatic rings. The van der Waals surface area contributed by atoms with E-state index in [1.165, 1.54) is 52.4 Å². The number of benzene rings is 2. The SMILES string of the molecule is COc1ccc(ON(CCCOC2CCc3cccc(N4CCCCC4)c3C2)C2=NS(=O)(=O)N=CN2C)cc1. The molecule has 0 amide bonds. The van der Waals surface area contributed by atoms with E-state index in [0.29, 0.717) is 31.1 Å². The molecule has 0 spiro atoms. The van der Waals surface area contributed by atoms with E-state index >= 15 is 0 Å². The second-order valence-electron chi connectivity index (χ2n) is 10.1. The lowest BCUT2D eigenvalue weighted by atomic mass is 9.88. The van der Waals surface area contributed by atoms with E-state index in [1.807, 2.05) is 0 Å². The van der Waals surface area contributed by atoms with Gasteiger partial charge in [-0.3, -0.25) is 0 Å². The van der Waals surface area contributed by atoms with Gasteiger partial charge in [0, 0.05) is 38.9 Å². The molecule has 210 valence electrons. The molecule has 2 aromatic carbocycles. The Morgan fingerprint density at radius 2 is 1.82 bits per heavy atom. The van der Waals surface area contributed by atoms with Gasteiger partial charge in [0.15, 0.2) is 5.75 Å². The van der Waals surface area contributed by atoms with Crippen molar-refractivity contribution in [3.8, 4) is 11.5 Å². The van der Waals surface area contributed by atoms with E-state index in [2.05, 4.69) is 31.9 Å². The first-order valence-electron chi connectivity index (χ1n) is 13.6. The Hall–Kier alpha value is -3.31. The van der Waals surface area contributed by atoms with Crippen LogP contribution in [-0.2, 0) is 27.8 Å². The average Bonchev–Trinajstić information content (AvgIpc) is 2.96. The molecular formula is C28H37N5O5S. The molecule has 1 fully saturated rings. The van der Waals surface area contributed by atoms with Crippen LogP contribution >= 0.6 is 0 Å². The Bertz CT molecular complexity index is 1290. The standard InChI is InChI=1S/C28H37N5O5S/c1-31-21-29-39(34,35)30-28(31)33(38-24-14-12-23(36-2)13-15-24)18-7-19-37-25-11-10-22-8-6-9-27(26(22)20-25)32-16-4-3-5-17-32/h6,8-9,12-15,21,25H,3-5,7,10-11,16-20H2,1-2H3. The second-order valence-corrected chi connectivity index (χ2v) is 11.4. The zero-order valence-electron chi connectivity index (χ0n) is 22.7. The number of hydrogen-bond donors (Lipinski definition) is 0. The van der Waals surface area contributed by atoms with Crippen molar-refractivity contribution in [1.82, 2.24) is 9.96 Å². The van der Waals surface area contributed by atoms with Crippen LogP contribution in [0.3, 0.4) is 0 Å². The van der Waals surface area contributed by atoms with Gasteiger partial charge in [0.2, 0.25) is 0 Å². The van der Waals surface area contributed by atoms with Crippen LogP contribution in [0.2, 0.25) is 0 Å². The van der Waals surface area contributed by atoms with Gasteiger partial charge >= 0.3 is 10.2 Å². The van der Waals surface area contributed by atoms with Gasteiger partial charge in [-0.15, -0.1) is 8.80 Å². The maximum atomic E-state index is 12.1. The molecule has 0 saturated carbocycles. The molecule has 5 rings (SSSR count). The van der Waals surface area contributed by atoms with E-state index in [0.717, 1.165) is 32.4 Å². The molecule has 39 heavy (non-hydrogen) atoms. The van der Waals surface area contributed by atoms with Gasteiger partial charge in [0.05, 0.1) is 19.8 Å². The molecule has 11 heteroatoms. The summed E-state index contributed by atoms with van der Waals surface area (Å²) < 4.78 is 43.0. The summed E-state index contributed by atoms with van der Waals surface area (Å²) in [6, 6.07) is 13.8. The Morgan fingerprint density at radius 1 is 1.05 bits per heavy atom. The van der Waals surface area contributed by atoms with Crippen molar-refractivity contribution < 1.29 is 22.7 Å². The third-order valence-corrected chi connectivity index (χ3v) is 8.09. The summed E-state index contributed by atoms with van der Waals surface area (Å²) in [5, 5.41) is 1.47. The van der Waals surface area contributed by atoms with E-state index in [1.54, 1.807) is 38.4 Å². The van der Waals surface area contributed by atoms with Crippen molar-refractivity contribution in [3.63, 3.8) is 0 Å². The second kappa shape index (κ2) is 12.3. The highest BCUT2D eigenvalue weighted by atomic mass is 32.2. The van der Waals surface area contributed by atoms with Gasteiger partial charge in [-0.25, -0.2) is 0 Å². The molecule has 0 bridgehead atoms. The van der Waals surface area contributed by atoms with Crippen molar-refractivity contribution >= 4 is 28.2 Å². The summed E-state index contributed by atoms with van der Waals surface area (Å²) in [4.78, 5) is 10.1. The molecule has 2 aliphatic heterocycles. The Balaban J connectivity index is 1.21. The van der Waals surface area contributed by atoms with Gasteiger partial charge in [0.25, 0.3) is 5.96 Å². The van der Waals surface area contributed by atoms with E-state index in [-0.39, 0.29) is 12.1 Å². The monoisotopic (exact) mass is 555 g/mol. The summed E-state index contributed by atoms with van der Waals surface area (Å²) in [6.45, 7) is 3.16. The highest BCUT2D eigenvalue weighted by Crippen LogP contribution is 2.33. The number of aryl methyl sites for hydroxylation is 1. The van der Waals surface area contributed by atoms with Gasteiger partial charge < -0.3 is 24.1 Å². The minimum absolute atomic E-state index is 0.138. The van der Waals surface area contributed by atoms with Crippen LogP contribution in [0.15, 0.2) is 51.3 Å². The lowest BCUT2D eigenvalue weighted by Crippen LogP contribution is -2.46. The van der Waals surface area contributed by atoms with Crippen LogP contribution in [0.25, 0.3) is 0 Å². The quantitative estimate of drug-likeness (QED) is 0.340. The molecule has 1 saturated heterocycles. The van der Waals surface area contributed by atoms with Crippen LogP contribution in [0, 0.1) is 0 Å². The third kappa shape index (κ3) is 6.83. The third-order valence-electron chi connectivity index (χ3n) is 7.34. The number of piperidine rings is 1. The number of hydroxylamine groups is 2. The Morgan fingerprint density at radius 3 is 2.59 bits per heavy atom. The zero-order valence-corrected chi connectivity index (χ0v) is 23.5. The summed E-state index contributed by atoms with van der Waals surface area (Å²) >= 11 is 0. The predicted molar refractivity (Wildman–Crippen MR) is 152 cm³/mol. The van der Waals surface area contributed by atoms with Crippen molar-refractivity contribution in [2.24, 2.45) is 8.80 Å². The molecule has 2 aromatic rings. The van der Waals surface area contributed by atoms with Crippen LogP contribution in [-0.4, -0.2) is 77.2 Å². The van der Waals surface area contributed by atoms with Gasteiger partial charge in [0.1, 0.15) is 12.1 Å². The molecule has 10 nitrogen and oxygen atoms in total. The first-order valence-corrected chi connectivity index (χ1v) is 15.0. The number of guanidine groups is 1. The van der Waals surface area contributed by atoms with Crippen molar-refractivity contribution in [2.45, 2.75) is 51.0 Å². The van der Waals surface area contributed by atoms with E-state index in [9.17, 15) is 8.42 Å². The lowest BCUT2D eigenvalue weighted by Gasteiger charge is -2.34. The molecule has 2 heterocycles. The van der Waals surface area contributed by atoms with Gasteiger partial charge in [-0.2, -0.15) is 13.5 Å². The summed E-state index contributed by atoms with van der Waals surface area (Å²) in [5.74, 6) is 1.36. The fraction of sp³-hybridized carbons (Fsp3) is 0.500.